The summed E-state index contributed by atoms with van der Waals surface area (Å²) in [5, 5.41) is 0. The largest absolute Gasteiger partial charge is 0.0996 e. The first-order valence-corrected chi connectivity index (χ1v) is 5.49. The highest BCUT2D eigenvalue weighted by molar-refractivity contribution is 5.06. The number of allylic oxidation sites excluding steroid dienone is 1. The molecule has 3 saturated carbocycles. The maximum atomic E-state index is 4.22. The van der Waals surface area contributed by atoms with E-state index in [1.54, 1.807) is 0 Å². The van der Waals surface area contributed by atoms with Gasteiger partial charge >= 0.3 is 0 Å². The molecule has 0 aromatic rings. The third kappa shape index (κ3) is 1.32. The molecule has 68 valence electrons. The van der Waals surface area contributed by atoms with E-state index in [4.69, 9.17) is 0 Å². The zero-order valence-electron chi connectivity index (χ0n) is 8.18. The van der Waals surface area contributed by atoms with E-state index in [9.17, 15) is 0 Å². The predicted molar refractivity (Wildman–Crippen MR) is 53.0 cm³/mol. The summed E-state index contributed by atoms with van der Waals surface area (Å²) in [6.07, 6.45) is 8.68. The van der Waals surface area contributed by atoms with Gasteiger partial charge in [0.15, 0.2) is 0 Å². The van der Waals surface area contributed by atoms with Gasteiger partial charge in [-0.05, 0) is 43.4 Å². The molecular weight excluding hydrogens is 144 g/mol. The van der Waals surface area contributed by atoms with Gasteiger partial charge in [0.25, 0.3) is 0 Å². The van der Waals surface area contributed by atoms with Gasteiger partial charge in [-0.2, -0.15) is 0 Å². The van der Waals surface area contributed by atoms with Crippen LogP contribution in [0.25, 0.3) is 0 Å². The van der Waals surface area contributed by atoms with Crippen LogP contribution in [-0.2, 0) is 0 Å². The van der Waals surface area contributed by atoms with Gasteiger partial charge in [0, 0.05) is 0 Å². The molecule has 0 N–H and O–H groups in total. The lowest BCUT2D eigenvalue weighted by Crippen LogP contribution is -2.31. The minimum atomic E-state index is 0.905. The van der Waals surface area contributed by atoms with Gasteiger partial charge < -0.3 is 0 Å². The summed E-state index contributed by atoms with van der Waals surface area (Å²) in [6.45, 7) is 6.47. The Bertz CT molecular complexity index is 172. The molecule has 0 aromatic carbocycles. The second-order valence-corrected chi connectivity index (χ2v) is 4.63. The van der Waals surface area contributed by atoms with Gasteiger partial charge in [-0.1, -0.05) is 31.9 Å². The summed E-state index contributed by atoms with van der Waals surface area (Å²) in [7, 11) is 0. The van der Waals surface area contributed by atoms with Gasteiger partial charge in [0.1, 0.15) is 0 Å². The molecule has 0 aliphatic heterocycles. The number of hydrogen-bond acceptors (Lipinski definition) is 0. The molecule has 0 amide bonds. The normalized spacial score (nSPS) is 39.9. The molecule has 0 nitrogen and oxygen atoms in total. The molecule has 0 saturated heterocycles. The summed E-state index contributed by atoms with van der Waals surface area (Å²) in [4.78, 5) is 0. The molecule has 0 heterocycles. The molecule has 0 aromatic heterocycles. The highest BCUT2D eigenvalue weighted by Gasteiger charge is 2.35. The zero-order valence-corrected chi connectivity index (χ0v) is 8.18. The van der Waals surface area contributed by atoms with Crippen molar-refractivity contribution in [3.63, 3.8) is 0 Å². The van der Waals surface area contributed by atoms with Crippen molar-refractivity contribution in [2.75, 3.05) is 0 Å². The van der Waals surface area contributed by atoms with E-state index in [0.717, 1.165) is 17.8 Å². The van der Waals surface area contributed by atoms with Crippen LogP contribution in [0.15, 0.2) is 12.2 Å². The van der Waals surface area contributed by atoms with Crippen LogP contribution in [0.1, 0.15) is 45.4 Å². The fraction of sp³-hybridized carbons (Fsp3) is 0.833. The number of hydrogen-bond donors (Lipinski definition) is 0. The van der Waals surface area contributed by atoms with Gasteiger partial charge in [-0.25, -0.2) is 0 Å². The molecule has 3 aliphatic carbocycles. The summed E-state index contributed by atoms with van der Waals surface area (Å²) in [5.74, 6) is 2.98. The molecule has 0 radical (unpaired) electrons. The Hall–Kier alpha value is -0.260. The van der Waals surface area contributed by atoms with Crippen LogP contribution in [0.2, 0.25) is 0 Å². The summed E-state index contributed by atoms with van der Waals surface area (Å²) in [6, 6.07) is 0. The average molecular weight is 164 g/mol. The Labute approximate surface area is 76.1 Å². The highest BCUT2D eigenvalue weighted by Crippen LogP contribution is 2.47. The van der Waals surface area contributed by atoms with Crippen molar-refractivity contribution in [2.45, 2.75) is 45.4 Å². The maximum Gasteiger partial charge on any atom is -0.0175 e. The predicted octanol–water partition coefficient (Wildman–Crippen LogP) is 3.78. The van der Waals surface area contributed by atoms with Crippen molar-refractivity contribution in [1.82, 2.24) is 0 Å². The SMILES string of the molecule is C=C(CC)C1CC2CCC1CC2. The van der Waals surface area contributed by atoms with Crippen LogP contribution < -0.4 is 0 Å². The average Bonchev–Trinajstić information content (AvgIpc) is 2.18. The van der Waals surface area contributed by atoms with Crippen molar-refractivity contribution in [3.05, 3.63) is 12.2 Å². The third-order valence-corrected chi connectivity index (χ3v) is 4.03. The molecule has 1 unspecified atom stereocenters. The third-order valence-electron chi connectivity index (χ3n) is 4.03. The van der Waals surface area contributed by atoms with Crippen LogP contribution in [0.5, 0.6) is 0 Å². The molecule has 0 spiro atoms. The van der Waals surface area contributed by atoms with E-state index in [0.29, 0.717) is 0 Å². The van der Waals surface area contributed by atoms with E-state index in [2.05, 4.69) is 13.5 Å². The van der Waals surface area contributed by atoms with Crippen LogP contribution in [0.4, 0.5) is 0 Å². The minimum absolute atomic E-state index is 0.905. The lowest BCUT2D eigenvalue weighted by atomic mass is 9.62. The monoisotopic (exact) mass is 164 g/mol. The van der Waals surface area contributed by atoms with Gasteiger partial charge in [-0.15, -0.1) is 0 Å². The van der Waals surface area contributed by atoms with E-state index >= 15 is 0 Å². The zero-order chi connectivity index (χ0) is 8.55. The first-order valence-electron chi connectivity index (χ1n) is 5.49. The Kier molecular flexibility index (Phi) is 2.25. The van der Waals surface area contributed by atoms with Crippen molar-refractivity contribution in [1.29, 1.82) is 0 Å². The number of fused-ring (bicyclic) bond motifs is 3. The van der Waals surface area contributed by atoms with Crippen LogP contribution in [0, 0.1) is 17.8 Å². The van der Waals surface area contributed by atoms with Gasteiger partial charge in [0.05, 0.1) is 0 Å². The second kappa shape index (κ2) is 3.24. The van der Waals surface area contributed by atoms with Crippen molar-refractivity contribution >= 4 is 0 Å². The Morgan fingerprint density at radius 1 is 1.25 bits per heavy atom. The number of rotatable bonds is 2. The molecule has 3 fully saturated rings. The van der Waals surface area contributed by atoms with Crippen molar-refractivity contribution in [2.24, 2.45) is 17.8 Å². The smallest absolute Gasteiger partial charge is 0.0175 e. The van der Waals surface area contributed by atoms with E-state index < -0.39 is 0 Å². The maximum absolute atomic E-state index is 4.22. The standard InChI is InChI=1S/C12H20/c1-3-9(2)12-8-10-4-6-11(12)7-5-10/h10-12H,2-8H2,1H3. The lowest BCUT2D eigenvalue weighted by Gasteiger charge is -2.43. The van der Waals surface area contributed by atoms with Crippen molar-refractivity contribution < 1.29 is 0 Å². The van der Waals surface area contributed by atoms with Crippen molar-refractivity contribution in [3.8, 4) is 0 Å². The van der Waals surface area contributed by atoms with Crippen LogP contribution >= 0.6 is 0 Å². The first-order chi connectivity index (χ1) is 5.81. The summed E-state index contributed by atoms with van der Waals surface area (Å²) >= 11 is 0. The summed E-state index contributed by atoms with van der Waals surface area (Å²) < 4.78 is 0. The highest BCUT2D eigenvalue weighted by atomic mass is 14.4. The van der Waals surface area contributed by atoms with E-state index in [1.807, 2.05) is 0 Å². The molecule has 3 aliphatic rings. The Morgan fingerprint density at radius 2 is 1.92 bits per heavy atom. The van der Waals surface area contributed by atoms with Gasteiger partial charge in [0.2, 0.25) is 0 Å². The minimum Gasteiger partial charge on any atom is -0.0996 e. The van der Waals surface area contributed by atoms with Crippen LogP contribution in [0.3, 0.4) is 0 Å². The van der Waals surface area contributed by atoms with E-state index in [-0.39, 0.29) is 0 Å². The topological polar surface area (TPSA) is 0 Å². The Balaban J connectivity index is 2.03. The molecule has 1 atom stereocenters. The quantitative estimate of drug-likeness (QED) is 0.545. The van der Waals surface area contributed by atoms with Gasteiger partial charge in [-0.3, -0.25) is 0 Å². The van der Waals surface area contributed by atoms with E-state index in [1.165, 1.54) is 44.1 Å². The molecule has 12 heavy (non-hydrogen) atoms. The Morgan fingerprint density at radius 3 is 2.33 bits per heavy atom. The molecule has 2 bridgehead atoms. The second-order valence-electron chi connectivity index (χ2n) is 4.63. The molecule has 3 rings (SSSR count). The molecular formula is C12H20. The fourth-order valence-electron chi connectivity index (χ4n) is 3.14. The fourth-order valence-corrected chi connectivity index (χ4v) is 3.14. The molecule has 0 heteroatoms. The first kappa shape index (κ1) is 8.34. The lowest BCUT2D eigenvalue weighted by molar-refractivity contribution is 0.120. The summed E-state index contributed by atoms with van der Waals surface area (Å²) in [5.41, 5.74) is 1.53. The van der Waals surface area contributed by atoms with Crippen LogP contribution in [-0.4, -0.2) is 0 Å².